The summed E-state index contributed by atoms with van der Waals surface area (Å²) in [4.78, 5) is 0. The Balaban J connectivity index is 2.10. The molecule has 1 fully saturated rings. The number of alkyl halides is 2. The number of rotatable bonds is 4. The molecule has 0 aliphatic heterocycles. The van der Waals surface area contributed by atoms with E-state index >= 15 is 0 Å². The van der Waals surface area contributed by atoms with E-state index in [1.807, 2.05) is 0 Å². The molecule has 0 saturated heterocycles. The third-order valence-corrected chi connectivity index (χ3v) is 2.34. The van der Waals surface area contributed by atoms with Gasteiger partial charge in [-0.3, -0.25) is 0 Å². The van der Waals surface area contributed by atoms with Crippen molar-refractivity contribution in [3.8, 4) is 5.75 Å². The summed E-state index contributed by atoms with van der Waals surface area (Å²) in [6.45, 7) is 0. The third kappa shape index (κ3) is 2.65. The maximum Gasteiger partial charge on any atom is 0.257 e. The predicted octanol–water partition coefficient (Wildman–Crippen LogP) is 2.49. The van der Waals surface area contributed by atoms with E-state index in [4.69, 9.17) is 10.5 Å². The van der Waals surface area contributed by atoms with E-state index in [1.54, 1.807) is 24.3 Å². The highest BCUT2D eigenvalue weighted by molar-refractivity contribution is 5.31. The Bertz CT molecular complexity index is 339. The molecular formula is C11H13F2NO. The van der Waals surface area contributed by atoms with Crippen molar-refractivity contribution >= 4 is 0 Å². The second-order valence-corrected chi connectivity index (χ2v) is 3.75. The number of hydrogen-bond acceptors (Lipinski definition) is 2. The van der Waals surface area contributed by atoms with Gasteiger partial charge in [-0.1, -0.05) is 12.1 Å². The summed E-state index contributed by atoms with van der Waals surface area (Å²) in [6.07, 6.45) is -0.180. The summed E-state index contributed by atoms with van der Waals surface area (Å²) >= 11 is 0. The molecule has 0 spiro atoms. The van der Waals surface area contributed by atoms with E-state index in [2.05, 4.69) is 0 Å². The molecule has 0 amide bonds. The van der Waals surface area contributed by atoms with E-state index in [-0.39, 0.29) is 6.10 Å². The number of halogens is 2. The first-order valence-corrected chi connectivity index (χ1v) is 4.97. The van der Waals surface area contributed by atoms with E-state index in [0.29, 0.717) is 11.3 Å². The molecule has 1 aliphatic carbocycles. The van der Waals surface area contributed by atoms with Crippen LogP contribution in [0.1, 0.15) is 24.4 Å². The Morgan fingerprint density at radius 2 is 2.07 bits per heavy atom. The quantitative estimate of drug-likeness (QED) is 0.834. The first-order chi connectivity index (χ1) is 7.16. The SMILES string of the molecule is NC(c1cccc(OC2CC2)c1)C(F)F. The van der Waals surface area contributed by atoms with Crippen LogP contribution in [-0.2, 0) is 0 Å². The van der Waals surface area contributed by atoms with Gasteiger partial charge in [-0.05, 0) is 30.5 Å². The van der Waals surface area contributed by atoms with Crippen LogP contribution < -0.4 is 10.5 Å². The average Bonchev–Trinajstić information content (AvgIpc) is 3.01. The minimum atomic E-state index is -2.54. The van der Waals surface area contributed by atoms with Crippen molar-refractivity contribution in [2.45, 2.75) is 31.4 Å². The van der Waals surface area contributed by atoms with Crippen LogP contribution >= 0.6 is 0 Å². The molecule has 1 aromatic rings. The lowest BCUT2D eigenvalue weighted by Crippen LogP contribution is -2.18. The molecule has 1 aliphatic rings. The molecule has 0 bridgehead atoms. The average molecular weight is 213 g/mol. The molecule has 2 N–H and O–H groups in total. The molecule has 0 heterocycles. The Morgan fingerprint density at radius 1 is 1.33 bits per heavy atom. The number of hydrogen-bond donors (Lipinski definition) is 1. The van der Waals surface area contributed by atoms with E-state index < -0.39 is 12.5 Å². The Hall–Kier alpha value is -1.16. The van der Waals surface area contributed by atoms with Crippen molar-refractivity contribution in [1.82, 2.24) is 0 Å². The number of ether oxygens (including phenoxy) is 1. The third-order valence-electron chi connectivity index (χ3n) is 2.34. The van der Waals surface area contributed by atoms with Gasteiger partial charge in [-0.25, -0.2) is 8.78 Å². The topological polar surface area (TPSA) is 35.2 Å². The summed E-state index contributed by atoms with van der Waals surface area (Å²) in [5.74, 6) is 0.631. The zero-order chi connectivity index (χ0) is 10.8. The van der Waals surface area contributed by atoms with Crippen molar-refractivity contribution in [1.29, 1.82) is 0 Å². The standard InChI is InChI=1S/C11H13F2NO/c12-11(13)10(14)7-2-1-3-9(6-7)15-8-4-5-8/h1-3,6,8,10-11H,4-5,14H2. The van der Waals surface area contributed by atoms with Crippen molar-refractivity contribution in [2.24, 2.45) is 5.73 Å². The largest absolute Gasteiger partial charge is 0.490 e. The fraction of sp³-hybridized carbons (Fsp3) is 0.455. The van der Waals surface area contributed by atoms with Crippen LogP contribution in [0.15, 0.2) is 24.3 Å². The molecule has 0 radical (unpaired) electrons. The van der Waals surface area contributed by atoms with E-state index in [1.165, 1.54) is 0 Å². The lowest BCUT2D eigenvalue weighted by Gasteiger charge is -2.12. The van der Waals surface area contributed by atoms with Crippen molar-refractivity contribution in [3.05, 3.63) is 29.8 Å². The van der Waals surface area contributed by atoms with Crippen LogP contribution in [-0.4, -0.2) is 12.5 Å². The maximum absolute atomic E-state index is 12.4. The molecule has 1 unspecified atom stereocenters. The lowest BCUT2D eigenvalue weighted by molar-refractivity contribution is 0.116. The first-order valence-electron chi connectivity index (χ1n) is 4.97. The van der Waals surface area contributed by atoms with Gasteiger partial charge in [0, 0.05) is 0 Å². The summed E-state index contributed by atoms with van der Waals surface area (Å²) in [5, 5.41) is 0. The van der Waals surface area contributed by atoms with E-state index in [0.717, 1.165) is 12.8 Å². The lowest BCUT2D eigenvalue weighted by atomic mass is 10.1. The second kappa shape index (κ2) is 4.14. The molecule has 1 saturated carbocycles. The van der Waals surface area contributed by atoms with Gasteiger partial charge in [-0.2, -0.15) is 0 Å². The molecule has 4 heteroatoms. The van der Waals surface area contributed by atoms with Gasteiger partial charge in [0.25, 0.3) is 6.43 Å². The van der Waals surface area contributed by atoms with Gasteiger partial charge in [0.15, 0.2) is 0 Å². The highest BCUT2D eigenvalue weighted by Crippen LogP contribution is 2.28. The Kier molecular flexibility index (Phi) is 2.86. The van der Waals surface area contributed by atoms with Crippen molar-refractivity contribution in [3.63, 3.8) is 0 Å². The Labute approximate surface area is 87.0 Å². The smallest absolute Gasteiger partial charge is 0.257 e. The minimum absolute atomic E-state index is 0.267. The maximum atomic E-state index is 12.4. The fourth-order valence-corrected chi connectivity index (χ4v) is 1.32. The number of nitrogens with two attached hydrogens (primary N) is 1. The van der Waals surface area contributed by atoms with Gasteiger partial charge in [-0.15, -0.1) is 0 Å². The van der Waals surface area contributed by atoms with Crippen LogP contribution in [0.25, 0.3) is 0 Å². The zero-order valence-corrected chi connectivity index (χ0v) is 8.20. The minimum Gasteiger partial charge on any atom is -0.490 e. The van der Waals surface area contributed by atoms with Crippen molar-refractivity contribution in [2.75, 3.05) is 0 Å². The molecule has 1 aromatic carbocycles. The van der Waals surface area contributed by atoms with Gasteiger partial charge < -0.3 is 10.5 Å². The molecule has 1 atom stereocenters. The molecule has 82 valence electrons. The van der Waals surface area contributed by atoms with E-state index in [9.17, 15) is 8.78 Å². The van der Waals surface area contributed by atoms with Crippen molar-refractivity contribution < 1.29 is 13.5 Å². The second-order valence-electron chi connectivity index (χ2n) is 3.75. The van der Waals surface area contributed by atoms with Crippen LogP contribution in [0.5, 0.6) is 5.75 Å². The summed E-state index contributed by atoms with van der Waals surface area (Å²) in [5.41, 5.74) is 5.77. The van der Waals surface area contributed by atoms with Gasteiger partial charge in [0.1, 0.15) is 5.75 Å². The monoisotopic (exact) mass is 213 g/mol. The molecule has 15 heavy (non-hydrogen) atoms. The molecule has 2 nitrogen and oxygen atoms in total. The predicted molar refractivity (Wildman–Crippen MR) is 53.0 cm³/mol. The van der Waals surface area contributed by atoms with Gasteiger partial charge >= 0.3 is 0 Å². The first kappa shape index (κ1) is 10.4. The highest BCUT2D eigenvalue weighted by atomic mass is 19.3. The normalized spacial score (nSPS) is 17.9. The molecule has 0 aromatic heterocycles. The van der Waals surface area contributed by atoms with Crippen LogP contribution in [0, 0.1) is 0 Å². The van der Waals surface area contributed by atoms with Crippen LogP contribution in [0.2, 0.25) is 0 Å². The summed E-state index contributed by atoms with van der Waals surface area (Å²) in [6, 6.07) is 5.41. The fourth-order valence-electron chi connectivity index (χ4n) is 1.32. The van der Waals surface area contributed by atoms with Gasteiger partial charge in [0.05, 0.1) is 12.1 Å². The molecule has 2 rings (SSSR count). The van der Waals surface area contributed by atoms with Crippen LogP contribution in [0.4, 0.5) is 8.78 Å². The number of benzene rings is 1. The zero-order valence-electron chi connectivity index (χ0n) is 8.20. The van der Waals surface area contributed by atoms with Gasteiger partial charge in [0.2, 0.25) is 0 Å². The highest BCUT2D eigenvalue weighted by Gasteiger charge is 2.24. The van der Waals surface area contributed by atoms with Crippen LogP contribution in [0.3, 0.4) is 0 Å². The molecular weight excluding hydrogens is 200 g/mol. The summed E-state index contributed by atoms with van der Waals surface area (Å²) < 4.78 is 30.2. The summed E-state index contributed by atoms with van der Waals surface area (Å²) in [7, 11) is 0. The Morgan fingerprint density at radius 3 is 2.67 bits per heavy atom.